The van der Waals surface area contributed by atoms with Crippen LogP contribution < -0.4 is 10.2 Å². The molecule has 0 fully saturated rings. The van der Waals surface area contributed by atoms with Gasteiger partial charge in [-0.3, -0.25) is 4.90 Å². The fourth-order valence-corrected chi connectivity index (χ4v) is 1.81. The minimum atomic E-state index is 0.419. The molecule has 0 aliphatic heterocycles. The Balaban J connectivity index is 2.75. The van der Waals surface area contributed by atoms with Crippen LogP contribution in [0, 0.1) is 0 Å². The van der Waals surface area contributed by atoms with Crippen molar-refractivity contribution in [2.45, 2.75) is 52.9 Å². The van der Waals surface area contributed by atoms with Gasteiger partial charge in [-0.05, 0) is 12.8 Å². The molecule has 0 aliphatic carbocycles. The van der Waals surface area contributed by atoms with Crippen LogP contribution in [0.3, 0.4) is 0 Å². The lowest BCUT2D eigenvalue weighted by Crippen LogP contribution is -2.31. The van der Waals surface area contributed by atoms with E-state index < -0.39 is 0 Å². The number of rotatable bonds is 13. The Labute approximate surface area is 139 Å². The van der Waals surface area contributed by atoms with E-state index in [-0.39, 0.29) is 0 Å². The summed E-state index contributed by atoms with van der Waals surface area (Å²) in [6.07, 6.45) is 5.07. The Kier molecular flexibility index (Phi) is 10.2. The lowest BCUT2D eigenvalue weighted by Gasteiger charge is -2.23. The zero-order chi connectivity index (χ0) is 16.9. The van der Waals surface area contributed by atoms with E-state index in [0.29, 0.717) is 25.4 Å². The van der Waals surface area contributed by atoms with Gasteiger partial charge >= 0.3 is 0 Å². The van der Waals surface area contributed by atoms with Crippen molar-refractivity contribution in [2.24, 2.45) is 0 Å². The topological polar surface area (TPSA) is 72.4 Å². The van der Waals surface area contributed by atoms with Gasteiger partial charge in [0, 0.05) is 26.7 Å². The summed E-state index contributed by atoms with van der Waals surface area (Å²) in [5.41, 5.74) is 0. The first-order valence-electron chi connectivity index (χ1n) is 8.58. The van der Waals surface area contributed by atoms with Crippen molar-refractivity contribution in [3.05, 3.63) is 5.82 Å². The molecule has 0 amide bonds. The SMILES string of the molecule is CCCCOCN(COCCCC)c1nc(CC)nc(NC)n1. The van der Waals surface area contributed by atoms with Gasteiger partial charge in [0.25, 0.3) is 0 Å². The van der Waals surface area contributed by atoms with E-state index in [4.69, 9.17) is 9.47 Å². The van der Waals surface area contributed by atoms with Crippen LogP contribution in [0.1, 0.15) is 52.3 Å². The molecule has 1 aromatic heterocycles. The second-order valence-corrected chi connectivity index (χ2v) is 5.30. The predicted molar refractivity (Wildman–Crippen MR) is 92.7 cm³/mol. The van der Waals surface area contributed by atoms with Crippen molar-refractivity contribution in [3.8, 4) is 0 Å². The second kappa shape index (κ2) is 12.0. The number of aromatic nitrogens is 3. The maximum atomic E-state index is 5.72. The first kappa shape index (κ1) is 19.6. The summed E-state index contributed by atoms with van der Waals surface area (Å²) in [5, 5.41) is 2.98. The van der Waals surface area contributed by atoms with Gasteiger partial charge in [0.1, 0.15) is 19.3 Å². The molecule has 0 saturated carbocycles. The molecule has 0 spiro atoms. The van der Waals surface area contributed by atoms with E-state index in [0.717, 1.165) is 51.1 Å². The maximum absolute atomic E-state index is 5.72. The van der Waals surface area contributed by atoms with E-state index in [2.05, 4.69) is 34.1 Å². The first-order valence-corrected chi connectivity index (χ1v) is 8.58. The number of nitrogens with one attached hydrogen (secondary N) is 1. The highest BCUT2D eigenvalue weighted by atomic mass is 16.5. The molecule has 7 heteroatoms. The highest BCUT2D eigenvalue weighted by Gasteiger charge is 2.13. The summed E-state index contributed by atoms with van der Waals surface area (Å²) >= 11 is 0. The fraction of sp³-hybridized carbons (Fsp3) is 0.812. The molecule has 1 heterocycles. The van der Waals surface area contributed by atoms with Crippen LogP contribution in [0.15, 0.2) is 0 Å². The van der Waals surface area contributed by atoms with Crippen LogP contribution in [0.5, 0.6) is 0 Å². The number of ether oxygens (including phenoxy) is 2. The molecule has 0 aromatic carbocycles. The van der Waals surface area contributed by atoms with Crippen LogP contribution >= 0.6 is 0 Å². The molecule has 132 valence electrons. The van der Waals surface area contributed by atoms with E-state index >= 15 is 0 Å². The van der Waals surface area contributed by atoms with E-state index in [1.807, 2.05) is 11.8 Å². The number of aryl methyl sites for hydroxylation is 1. The third-order valence-corrected chi connectivity index (χ3v) is 3.27. The molecular weight excluding hydrogens is 294 g/mol. The molecule has 1 rings (SSSR count). The van der Waals surface area contributed by atoms with E-state index in [1.54, 1.807) is 7.05 Å². The second-order valence-electron chi connectivity index (χ2n) is 5.30. The summed E-state index contributed by atoms with van der Waals surface area (Å²) in [6.45, 7) is 8.61. The summed E-state index contributed by atoms with van der Waals surface area (Å²) in [4.78, 5) is 15.2. The highest BCUT2D eigenvalue weighted by molar-refractivity contribution is 5.36. The minimum absolute atomic E-state index is 0.419. The first-order chi connectivity index (χ1) is 11.2. The van der Waals surface area contributed by atoms with Gasteiger partial charge in [-0.25, -0.2) is 0 Å². The van der Waals surface area contributed by atoms with Crippen LogP contribution in [-0.2, 0) is 15.9 Å². The van der Waals surface area contributed by atoms with Gasteiger partial charge in [0.05, 0.1) is 0 Å². The Morgan fingerprint density at radius 3 is 2.00 bits per heavy atom. The molecule has 1 aromatic rings. The molecule has 0 atom stereocenters. The average molecular weight is 325 g/mol. The smallest absolute Gasteiger partial charge is 0.234 e. The van der Waals surface area contributed by atoms with Crippen LogP contribution in [-0.4, -0.2) is 48.7 Å². The molecule has 7 nitrogen and oxygen atoms in total. The monoisotopic (exact) mass is 325 g/mol. The molecule has 0 aliphatic rings. The van der Waals surface area contributed by atoms with Gasteiger partial charge in [-0.2, -0.15) is 15.0 Å². The molecule has 0 saturated heterocycles. The molecule has 23 heavy (non-hydrogen) atoms. The Morgan fingerprint density at radius 2 is 1.52 bits per heavy atom. The lowest BCUT2D eigenvalue weighted by molar-refractivity contribution is 0.0811. The molecule has 0 bridgehead atoms. The Bertz CT molecular complexity index is 397. The van der Waals surface area contributed by atoms with Crippen LogP contribution in [0.2, 0.25) is 0 Å². The predicted octanol–water partition coefficient (Wildman–Crippen LogP) is 2.83. The molecule has 1 N–H and O–H groups in total. The Hall–Kier alpha value is -1.47. The number of anilines is 2. The highest BCUT2D eigenvalue weighted by Crippen LogP contribution is 2.12. The molecular formula is C16H31N5O2. The quantitative estimate of drug-likeness (QED) is 0.441. The van der Waals surface area contributed by atoms with Crippen molar-refractivity contribution in [2.75, 3.05) is 43.9 Å². The summed E-state index contributed by atoms with van der Waals surface area (Å²) in [7, 11) is 1.80. The number of hydrogen-bond donors (Lipinski definition) is 1. The van der Waals surface area contributed by atoms with Gasteiger partial charge < -0.3 is 14.8 Å². The van der Waals surface area contributed by atoms with Gasteiger partial charge in [0.2, 0.25) is 11.9 Å². The van der Waals surface area contributed by atoms with E-state index in [9.17, 15) is 0 Å². The van der Waals surface area contributed by atoms with Crippen molar-refractivity contribution in [1.29, 1.82) is 0 Å². The largest absolute Gasteiger partial charge is 0.361 e. The van der Waals surface area contributed by atoms with Crippen molar-refractivity contribution in [1.82, 2.24) is 15.0 Å². The van der Waals surface area contributed by atoms with Gasteiger partial charge in [-0.1, -0.05) is 33.6 Å². The third kappa shape index (κ3) is 7.56. The van der Waals surface area contributed by atoms with Crippen molar-refractivity contribution < 1.29 is 9.47 Å². The summed E-state index contributed by atoms with van der Waals surface area (Å²) in [5.74, 6) is 1.92. The zero-order valence-electron chi connectivity index (χ0n) is 15.0. The molecule has 0 unspecified atom stereocenters. The minimum Gasteiger partial charge on any atom is -0.361 e. The zero-order valence-corrected chi connectivity index (χ0v) is 15.0. The normalized spacial score (nSPS) is 10.8. The van der Waals surface area contributed by atoms with E-state index in [1.165, 1.54) is 0 Å². The van der Waals surface area contributed by atoms with Gasteiger partial charge in [0.15, 0.2) is 0 Å². The number of hydrogen-bond acceptors (Lipinski definition) is 7. The van der Waals surface area contributed by atoms with Crippen LogP contribution in [0.25, 0.3) is 0 Å². The van der Waals surface area contributed by atoms with Crippen molar-refractivity contribution in [3.63, 3.8) is 0 Å². The standard InChI is InChI=1S/C16H31N5O2/c1-5-8-10-22-12-21(13-23-11-9-6-2)16-19-14(7-3)18-15(17-4)20-16/h5-13H2,1-4H3,(H,17,18,19,20). The number of nitrogens with zero attached hydrogens (tertiary/aromatic N) is 4. The summed E-state index contributed by atoms with van der Waals surface area (Å²) < 4.78 is 11.4. The fourth-order valence-electron chi connectivity index (χ4n) is 1.81. The Morgan fingerprint density at radius 1 is 0.913 bits per heavy atom. The lowest BCUT2D eigenvalue weighted by atomic mass is 10.4. The third-order valence-electron chi connectivity index (χ3n) is 3.27. The van der Waals surface area contributed by atoms with Crippen LogP contribution in [0.4, 0.5) is 11.9 Å². The average Bonchev–Trinajstić information content (AvgIpc) is 2.59. The van der Waals surface area contributed by atoms with Crippen molar-refractivity contribution >= 4 is 11.9 Å². The number of unbranched alkanes of at least 4 members (excludes halogenated alkanes) is 2. The molecule has 0 radical (unpaired) electrons. The van der Waals surface area contributed by atoms with Gasteiger partial charge in [-0.15, -0.1) is 0 Å². The maximum Gasteiger partial charge on any atom is 0.234 e. The summed E-state index contributed by atoms with van der Waals surface area (Å²) in [6, 6.07) is 0.